The van der Waals surface area contributed by atoms with Gasteiger partial charge in [-0.15, -0.1) is 0 Å². The number of benzene rings is 1. The van der Waals surface area contributed by atoms with E-state index in [9.17, 15) is 9.90 Å². The van der Waals surface area contributed by atoms with Gasteiger partial charge in [0.1, 0.15) is 5.75 Å². The van der Waals surface area contributed by atoms with Gasteiger partial charge in [0.15, 0.2) is 0 Å². The molecule has 21 heavy (non-hydrogen) atoms. The summed E-state index contributed by atoms with van der Waals surface area (Å²) in [7, 11) is 0. The largest absolute Gasteiger partial charge is 0.493 e. The Labute approximate surface area is 126 Å². The van der Waals surface area contributed by atoms with Crippen LogP contribution in [-0.2, 0) is 11.3 Å². The van der Waals surface area contributed by atoms with E-state index in [1.54, 1.807) is 0 Å². The van der Waals surface area contributed by atoms with E-state index < -0.39 is 11.4 Å². The average Bonchev–Trinajstić information content (AvgIpc) is 2.84. The fourth-order valence-corrected chi connectivity index (χ4v) is 2.71. The molecule has 0 radical (unpaired) electrons. The number of hydrogen-bond donors (Lipinski definition) is 1. The van der Waals surface area contributed by atoms with Crippen LogP contribution in [0.3, 0.4) is 0 Å². The quantitative estimate of drug-likeness (QED) is 0.784. The SMILES string of the molecule is CCCCOc1ccccc1CN1CCC(C)(C(=O)O)C1. The number of likely N-dealkylation sites (tertiary alicyclic amines) is 1. The highest BCUT2D eigenvalue weighted by molar-refractivity contribution is 5.74. The fourth-order valence-electron chi connectivity index (χ4n) is 2.71. The summed E-state index contributed by atoms with van der Waals surface area (Å²) in [5.41, 5.74) is 0.529. The zero-order chi connectivity index (χ0) is 15.3. The van der Waals surface area contributed by atoms with Crippen molar-refractivity contribution in [2.45, 2.75) is 39.7 Å². The second-order valence-electron chi connectivity index (χ2n) is 6.14. The van der Waals surface area contributed by atoms with Crippen LogP contribution >= 0.6 is 0 Å². The van der Waals surface area contributed by atoms with Crippen LogP contribution in [0.5, 0.6) is 5.75 Å². The van der Waals surface area contributed by atoms with E-state index in [-0.39, 0.29) is 0 Å². The minimum Gasteiger partial charge on any atom is -0.493 e. The smallest absolute Gasteiger partial charge is 0.310 e. The summed E-state index contributed by atoms with van der Waals surface area (Å²) in [5.74, 6) is 0.229. The minimum absolute atomic E-state index is 0.603. The Balaban J connectivity index is 1.99. The molecule has 0 saturated carbocycles. The molecule has 4 heteroatoms. The van der Waals surface area contributed by atoms with Crippen molar-refractivity contribution in [1.29, 1.82) is 0 Å². The highest BCUT2D eigenvalue weighted by Crippen LogP contribution is 2.32. The molecule has 1 aliphatic heterocycles. The van der Waals surface area contributed by atoms with Crippen molar-refractivity contribution in [2.75, 3.05) is 19.7 Å². The van der Waals surface area contributed by atoms with Gasteiger partial charge in [-0.05, 0) is 32.4 Å². The van der Waals surface area contributed by atoms with Crippen LogP contribution in [0.2, 0.25) is 0 Å². The summed E-state index contributed by atoms with van der Waals surface area (Å²) < 4.78 is 5.84. The molecule has 1 aromatic rings. The van der Waals surface area contributed by atoms with E-state index in [2.05, 4.69) is 17.9 Å². The first-order valence-corrected chi connectivity index (χ1v) is 7.71. The summed E-state index contributed by atoms with van der Waals surface area (Å²) in [6, 6.07) is 8.06. The Hall–Kier alpha value is -1.55. The van der Waals surface area contributed by atoms with Gasteiger partial charge in [0.05, 0.1) is 12.0 Å². The lowest BCUT2D eigenvalue weighted by atomic mass is 9.90. The maximum Gasteiger partial charge on any atom is 0.310 e. The molecular formula is C17H25NO3. The van der Waals surface area contributed by atoms with Crippen molar-refractivity contribution < 1.29 is 14.6 Å². The van der Waals surface area contributed by atoms with Crippen molar-refractivity contribution >= 4 is 5.97 Å². The average molecular weight is 291 g/mol. The van der Waals surface area contributed by atoms with Gasteiger partial charge in [0.25, 0.3) is 0 Å². The molecule has 1 fully saturated rings. The van der Waals surface area contributed by atoms with Crippen LogP contribution in [-0.4, -0.2) is 35.7 Å². The van der Waals surface area contributed by atoms with Crippen molar-refractivity contribution in [1.82, 2.24) is 4.90 Å². The zero-order valence-electron chi connectivity index (χ0n) is 13.0. The molecule has 1 unspecified atom stereocenters. The zero-order valence-corrected chi connectivity index (χ0v) is 13.0. The molecule has 116 valence electrons. The second kappa shape index (κ2) is 6.94. The van der Waals surface area contributed by atoms with Crippen LogP contribution in [0, 0.1) is 5.41 Å². The van der Waals surface area contributed by atoms with Gasteiger partial charge >= 0.3 is 5.97 Å². The first-order chi connectivity index (χ1) is 10.0. The molecule has 1 aliphatic rings. The Morgan fingerprint density at radius 1 is 1.43 bits per heavy atom. The lowest BCUT2D eigenvalue weighted by molar-refractivity contribution is -0.147. The van der Waals surface area contributed by atoms with E-state index in [1.807, 2.05) is 25.1 Å². The van der Waals surface area contributed by atoms with E-state index in [0.29, 0.717) is 13.0 Å². The van der Waals surface area contributed by atoms with Gasteiger partial charge in [-0.1, -0.05) is 31.5 Å². The standard InChI is InChI=1S/C17H25NO3/c1-3-4-11-21-15-8-6-5-7-14(15)12-18-10-9-17(2,13-18)16(19)20/h5-8H,3-4,9-13H2,1-2H3,(H,19,20). The topological polar surface area (TPSA) is 49.8 Å². The Morgan fingerprint density at radius 3 is 2.86 bits per heavy atom. The Bertz CT molecular complexity index is 489. The number of unbranched alkanes of at least 4 members (excludes halogenated alkanes) is 1. The first kappa shape index (κ1) is 15.8. The van der Waals surface area contributed by atoms with E-state index >= 15 is 0 Å². The number of carbonyl (C=O) groups is 1. The summed E-state index contributed by atoms with van der Waals surface area (Å²) in [4.78, 5) is 13.5. The van der Waals surface area contributed by atoms with Gasteiger partial charge in [-0.2, -0.15) is 0 Å². The van der Waals surface area contributed by atoms with Gasteiger partial charge in [0.2, 0.25) is 0 Å². The molecule has 0 spiro atoms. The number of rotatable bonds is 7. The van der Waals surface area contributed by atoms with Crippen LogP contribution < -0.4 is 4.74 Å². The van der Waals surface area contributed by atoms with E-state index in [0.717, 1.165) is 43.9 Å². The number of carboxylic acid groups (broad SMARTS) is 1. The number of para-hydroxylation sites is 1. The maximum atomic E-state index is 11.3. The van der Waals surface area contributed by atoms with Crippen LogP contribution in [0.1, 0.15) is 38.7 Å². The highest BCUT2D eigenvalue weighted by atomic mass is 16.5. The number of aliphatic carboxylic acids is 1. The van der Waals surface area contributed by atoms with Crippen molar-refractivity contribution in [3.05, 3.63) is 29.8 Å². The predicted octanol–water partition coefficient (Wildman–Crippen LogP) is 3.16. The number of nitrogens with zero attached hydrogens (tertiary/aromatic N) is 1. The summed E-state index contributed by atoms with van der Waals surface area (Å²) in [6.45, 7) is 6.90. The molecule has 1 saturated heterocycles. The molecular weight excluding hydrogens is 266 g/mol. The summed E-state index contributed by atoms with van der Waals surface area (Å²) >= 11 is 0. The summed E-state index contributed by atoms with van der Waals surface area (Å²) in [6.07, 6.45) is 2.88. The third-order valence-electron chi connectivity index (χ3n) is 4.19. The molecule has 1 atom stereocenters. The van der Waals surface area contributed by atoms with Gasteiger partial charge < -0.3 is 9.84 Å². The van der Waals surface area contributed by atoms with Crippen molar-refractivity contribution in [3.63, 3.8) is 0 Å². The Kier molecular flexibility index (Phi) is 5.23. The molecule has 0 bridgehead atoms. The summed E-state index contributed by atoms with van der Waals surface area (Å²) in [5, 5.41) is 9.30. The maximum absolute atomic E-state index is 11.3. The highest BCUT2D eigenvalue weighted by Gasteiger charge is 2.40. The molecule has 0 aromatic heterocycles. The lowest BCUT2D eigenvalue weighted by Crippen LogP contribution is -2.31. The molecule has 0 amide bonds. The minimum atomic E-state index is -0.697. The molecule has 1 N–H and O–H groups in total. The third kappa shape index (κ3) is 3.97. The predicted molar refractivity (Wildman–Crippen MR) is 82.5 cm³/mol. The fraction of sp³-hybridized carbons (Fsp3) is 0.588. The van der Waals surface area contributed by atoms with Crippen molar-refractivity contribution in [3.8, 4) is 5.75 Å². The first-order valence-electron chi connectivity index (χ1n) is 7.71. The number of ether oxygens (including phenoxy) is 1. The van der Waals surface area contributed by atoms with Gasteiger partial charge in [-0.25, -0.2) is 0 Å². The number of carboxylic acids is 1. The third-order valence-corrected chi connectivity index (χ3v) is 4.19. The van der Waals surface area contributed by atoms with Crippen LogP contribution in [0.25, 0.3) is 0 Å². The van der Waals surface area contributed by atoms with Crippen LogP contribution in [0.4, 0.5) is 0 Å². The van der Waals surface area contributed by atoms with E-state index in [1.165, 1.54) is 0 Å². The monoisotopic (exact) mass is 291 g/mol. The normalized spacial score (nSPS) is 22.4. The van der Waals surface area contributed by atoms with E-state index in [4.69, 9.17) is 4.74 Å². The molecule has 0 aliphatic carbocycles. The molecule has 1 heterocycles. The molecule has 4 nitrogen and oxygen atoms in total. The van der Waals surface area contributed by atoms with Crippen molar-refractivity contribution in [2.24, 2.45) is 5.41 Å². The van der Waals surface area contributed by atoms with Gasteiger partial charge in [-0.3, -0.25) is 9.69 Å². The lowest BCUT2D eigenvalue weighted by Gasteiger charge is -2.21. The molecule has 1 aromatic carbocycles. The Morgan fingerprint density at radius 2 is 2.19 bits per heavy atom. The van der Waals surface area contributed by atoms with Gasteiger partial charge in [0, 0.05) is 18.7 Å². The van der Waals surface area contributed by atoms with Crippen LogP contribution in [0.15, 0.2) is 24.3 Å². The molecule has 2 rings (SSSR count). The number of hydrogen-bond acceptors (Lipinski definition) is 3. The second-order valence-corrected chi connectivity index (χ2v) is 6.14.